The molecular weight excluding hydrogens is 233 g/mol. The molecule has 0 saturated carbocycles. The van der Waals surface area contributed by atoms with Crippen molar-refractivity contribution < 1.29 is 13.6 Å². The summed E-state index contributed by atoms with van der Waals surface area (Å²) in [6.07, 6.45) is 2.49. The molecule has 2 N–H and O–H groups in total. The first-order chi connectivity index (χ1) is 8.63. The Hall–Kier alpha value is -1.68. The van der Waals surface area contributed by atoms with Gasteiger partial charge < -0.3 is 10.2 Å². The largest absolute Gasteiger partial charge is 0.450 e. The molecule has 0 bridgehead atoms. The molecule has 4 heteroatoms. The molecule has 1 unspecified atom stereocenters. The van der Waals surface area contributed by atoms with Crippen LogP contribution in [0.25, 0.3) is 11.0 Å². The zero-order valence-corrected chi connectivity index (χ0v) is 10.3. The van der Waals surface area contributed by atoms with Gasteiger partial charge in [-0.15, -0.1) is 0 Å². The molecular formula is C14H16FNO2. The summed E-state index contributed by atoms with van der Waals surface area (Å²) in [5.41, 5.74) is 5.91. The fourth-order valence-corrected chi connectivity index (χ4v) is 1.89. The number of carbonyl (C=O) groups is 1. The lowest BCUT2D eigenvalue weighted by Crippen LogP contribution is -2.30. The van der Waals surface area contributed by atoms with Crippen molar-refractivity contribution in [1.29, 1.82) is 0 Å². The maximum absolute atomic E-state index is 13.4. The summed E-state index contributed by atoms with van der Waals surface area (Å²) in [6.45, 7) is 2.04. The molecule has 0 spiro atoms. The van der Waals surface area contributed by atoms with E-state index in [0.717, 1.165) is 12.8 Å². The SMILES string of the molecule is CCCCC(N)C(=O)c1cc2cccc(F)c2o1. The van der Waals surface area contributed by atoms with Gasteiger partial charge in [0.05, 0.1) is 6.04 Å². The number of Topliss-reactive ketones (excluding diaryl/α,β-unsaturated/α-hetero) is 1. The first kappa shape index (κ1) is 12.8. The Morgan fingerprint density at radius 2 is 2.28 bits per heavy atom. The van der Waals surface area contributed by atoms with Crippen LogP contribution in [0.5, 0.6) is 0 Å². The van der Waals surface area contributed by atoms with Gasteiger partial charge in [-0.3, -0.25) is 4.79 Å². The van der Waals surface area contributed by atoms with Crippen molar-refractivity contribution in [2.75, 3.05) is 0 Å². The van der Waals surface area contributed by atoms with Crippen molar-refractivity contribution in [2.45, 2.75) is 32.2 Å². The van der Waals surface area contributed by atoms with E-state index in [4.69, 9.17) is 10.2 Å². The third-order valence-electron chi connectivity index (χ3n) is 2.94. The molecule has 1 atom stereocenters. The summed E-state index contributed by atoms with van der Waals surface area (Å²) < 4.78 is 18.7. The second kappa shape index (κ2) is 5.31. The number of para-hydroxylation sites is 1. The van der Waals surface area contributed by atoms with Crippen LogP contribution in [-0.4, -0.2) is 11.8 Å². The topological polar surface area (TPSA) is 56.2 Å². The summed E-state index contributed by atoms with van der Waals surface area (Å²) in [5, 5.41) is 0.584. The van der Waals surface area contributed by atoms with Gasteiger partial charge in [-0.05, 0) is 18.6 Å². The monoisotopic (exact) mass is 249 g/mol. The number of unbranched alkanes of at least 4 members (excludes halogenated alkanes) is 1. The predicted molar refractivity (Wildman–Crippen MR) is 68.0 cm³/mol. The number of rotatable bonds is 5. The standard InChI is InChI=1S/C14H16FNO2/c1-2-3-7-11(16)13(17)12-8-9-5-4-6-10(15)14(9)18-12/h4-6,8,11H,2-3,7,16H2,1H3. The highest BCUT2D eigenvalue weighted by molar-refractivity contribution is 6.00. The molecule has 2 aromatic rings. The molecule has 1 aromatic heterocycles. The second-order valence-electron chi connectivity index (χ2n) is 4.38. The smallest absolute Gasteiger partial charge is 0.214 e. The van der Waals surface area contributed by atoms with Gasteiger partial charge in [0.1, 0.15) is 0 Å². The van der Waals surface area contributed by atoms with E-state index < -0.39 is 11.9 Å². The maximum atomic E-state index is 13.4. The van der Waals surface area contributed by atoms with Crippen LogP contribution >= 0.6 is 0 Å². The van der Waals surface area contributed by atoms with Gasteiger partial charge in [0.25, 0.3) is 0 Å². The molecule has 1 heterocycles. The van der Waals surface area contributed by atoms with Crippen molar-refractivity contribution in [1.82, 2.24) is 0 Å². The first-order valence-corrected chi connectivity index (χ1v) is 6.11. The van der Waals surface area contributed by atoms with E-state index in [1.165, 1.54) is 6.07 Å². The number of carbonyl (C=O) groups excluding carboxylic acids is 1. The van der Waals surface area contributed by atoms with Gasteiger partial charge in [-0.2, -0.15) is 0 Å². The molecule has 0 radical (unpaired) electrons. The quantitative estimate of drug-likeness (QED) is 0.827. The van der Waals surface area contributed by atoms with E-state index >= 15 is 0 Å². The Bertz CT molecular complexity index is 562. The fourth-order valence-electron chi connectivity index (χ4n) is 1.89. The van der Waals surface area contributed by atoms with Crippen LogP contribution in [0.4, 0.5) is 4.39 Å². The molecule has 3 nitrogen and oxygen atoms in total. The summed E-state index contributed by atoms with van der Waals surface area (Å²) >= 11 is 0. The fraction of sp³-hybridized carbons (Fsp3) is 0.357. The number of ketones is 1. The van der Waals surface area contributed by atoms with Crippen molar-refractivity contribution in [3.63, 3.8) is 0 Å². The molecule has 0 aliphatic heterocycles. The Kier molecular flexibility index (Phi) is 3.77. The van der Waals surface area contributed by atoms with Gasteiger partial charge in [-0.1, -0.05) is 31.9 Å². The van der Waals surface area contributed by atoms with E-state index in [1.54, 1.807) is 18.2 Å². The number of nitrogens with two attached hydrogens (primary N) is 1. The van der Waals surface area contributed by atoms with Gasteiger partial charge in [0.2, 0.25) is 5.78 Å². The number of hydrogen-bond donors (Lipinski definition) is 1. The van der Waals surface area contributed by atoms with E-state index in [2.05, 4.69) is 0 Å². The Labute approximate surface area is 105 Å². The average molecular weight is 249 g/mol. The van der Waals surface area contributed by atoms with Crippen molar-refractivity contribution in [3.05, 3.63) is 35.8 Å². The van der Waals surface area contributed by atoms with E-state index in [9.17, 15) is 9.18 Å². The minimum atomic E-state index is -0.575. The average Bonchev–Trinajstić information content (AvgIpc) is 2.80. The minimum absolute atomic E-state index is 0.114. The summed E-state index contributed by atoms with van der Waals surface area (Å²) in [7, 11) is 0. The number of fused-ring (bicyclic) bond motifs is 1. The van der Waals surface area contributed by atoms with Gasteiger partial charge in [0, 0.05) is 5.39 Å². The third-order valence-corrected chi connectivity index (χ3v) is 2.94. The highest BCUT2D eigenvalue weighted by Crippen LogP contribution is 2.23. The van der Waals surface area contributed by atoms with Crippen LogP contribution in [-0.2, 0) is 0 Å². The van der Waals surface area contributed by atoms with Crippen LogP contribution in [0.2, 0.25) is 0 Å². The number of benzene rings is 1. The van der Waals surface area contributed by atoms with Gasteiger partial charge >= 0.3 is 0 Å². The second-order valence-corrected chi connectivity index (χ2v) is 4.38. The predicted octanol–water partition coefficient (Wildman–Crippen LogP) is 3.27. The van der Waals surface area contributed by atoms with Crippen LogP contribution in [0.15, 0.2) is 28.7 Å². The zero-order valence-electron chi connectivity index (χ0n) is 10.3. The van der Waals surface area contributed by atoms with Gasteiger partial charge in [0.15, 0.2) is 17.2 Å². The third kappa shape index (κ3) is 2.43. The van der Waals surface area contributed by atoms with Crippen LogP contribution in [0, 0.1) is 5.82 Å². The first-order valence-electron chi connectivity index (χ1n) is 6.11. The molecule has 0 aliphatic carbocycles. The molecule has 1 aromatic carbocycles. The molecule has 2 rings (SSSR count). The Morgan fingerprint density at radius 1 is 1.50 bits per heavy atom. The molecule has 0 saturated heterocycles. The normalized spacial score (nSPS) is 12.8. The lowest BCUT2D eigenvalue weighted by molar-refractivity contribution is 0.0930. The maximum Gasteiger partial charge on any atom is 0.214 e. The highest BCUT2D eigenvalue weighted by atomic mass is 19.1. The Balaban J connectivity index is 2.25. The van der Waals surface area contributed by atoms with Crippen molar-refractivity contribution in [2.24, 2.45) is 5.73 Å². The van der Waals surface area contributed by atoms with E-state index in [0.29, 0.717) is 11.8 Å². The van der Waals surface area contributed by atoms with E-state index in [1.807, 2.05) is 6.92 Å². The number of halogens is 1. The number of hydrogen-bond acceptors (Lipinski definition) is 3. The van der Waals surface area contributed by atoms with Crippen LogP contribution in [0.3, 0.4) is 0 Å². The summed E-state index contributed by atoms with van der Waals surface area (Å²) in [6, 6.07) is 5.56. The summed E-state index contributed by atoms with van der Waals surface area (Å²) in [5.74, 6) is -0.591. The highest BCUT2D eigenvalue weighted by Gasteiger charge is 2.20. The van der Waals surface area contributed by atoms with Crippen LogP contribution in [0.1, 0.15) is 36.7 Å². The lowest BCUT2D eigenvalue weighted by atomic mass is 10.0. The van der Waals surface area contributed by atoms with E-state index in [-0.39, 0.29) is 17.1 Å². The van der Waals surface area contributed by atoms with Crippen molar-refractivity contribution >= 4 is 16.8 Å². The van der Waals surface area contributed by atoms with Crippen molar-refractivity contribution in [3.8, 4) is 0 Å². The minimum Gasteiger partial charge on any atom is -0.450 e. The Morgan fingerprint density at radius 3 is 2.94 bits per heavy atom. The number of furan rings is 1. The molecule has 18 heavy (non-hydrogen) atoms. The van der Waals surface area contributed by atoms with Gasteiger partial charge in [-0.25, -0.2) is 4.39 Å². The summed E-state index contributed by atoms with van der Waals surface area (Å²) in [4.78, 5) is 12.0. The lowest BCUT2D eigenvalue weighted by Gasteiger charge is -2.06. The molecule has 0 amide bonds. The molecule has 0 aliphatic rings. The van der Waals surface area contributed by atoms with Crippen LogP contribution < -0.4 is 5.73 Å². The zero-order chi connectivity index (χ0) is 13.1. The molecule has 96 valence electrons. The molecule has 0 fully saturated rings.